The Morgan fingerprint density at radius 3 is 3.07 bits per heavy atom. The topological polar surface area (TPSA) is 59.2 Å². The Kier molecular flexibility index (Phi) is 2.35. The first-order valence-corrected chi connectivity index (χ1v) is 4.74. The molecule has 1 amide bonds. The van der Waals surface area contributed by atoms with Gasteiger partial charge in [0.05, 0.1) is 6.04 Å². The minimum Gasteiger partial charge on any atom is -0.384 e. The van der Waals surface area contributed by atoms with Crippen molar-refractivity contribution in [3.63, 3.8) is 0 Å². The number of pyridine rings is 1. The zero-order valence-corrected chi connectivity index (χ0v) is 7.89. The summed E-state index contributed by atoms with van der Waals surface area (Å²) in [5, 5.41) is 0. The number of nitrogen functional groups attached to an aromatic ring is 1. The third-order valence-electron chi connectivity index (χ3n) is 2.62. The maximum atomic E-state index is 10.7. The van der Waals surface area contributed by atoms with Crippen molar-refractivity contribution in [2.45, 2.75) is 18.9 Å². The molecule has 74 valence electrons. The Hall–Kier alpha value is -1.58. The van der Waals surface area contributed by atoms with Crippen LogP contribution in [0.15, 0.2) is 18.3 Å². The molecule has 2 rings (SSSR count). The summed E-state index contributed by atoms with van der Waals surface area (Å²) in [6, 6.07) is 3.91. The molecule has 1 aliphatic rings. The molecule has 1 fully saturated rings. The molecule has 0 aromatic carbocycles. The zero-order valence-electron chi connectivity index (χ0n) is 7.89. The molecular weight excluding hydrogens is 178 g/mol. The molecule has 14 heavy (non-hydrogen) atoms. The third-order valence-corrected chi connectivity index (χ3v) is 2.62. The summed E-state index contributed by atoms with van der Waals surface area (Å²) in [6.45, 7) is 0.846. The Labute approximate surface area is 82.7 Å². The normalized spacial score (nSPS) is 21.1. The van der Waals surface area contributed by atoms with Crippen LogP contribution in [-0.2, 0) is 4.79 Å². The Morgan fingerprint density at radius 1 is 1.57 bits per heavy atom. The first-order valence-electron chi connectivity index (χ1n) is 4.74. The maximum absolute atomic E-state index is 10.7. The van der Waals surface area contributed by atoms with Crippen LogP contribution in [0, 0.1) is 0 Å². The summed E-state index contributed by atoms with van der Waals surface area (Å²) in [4.78, 5) is 16.6. The summed E-state index contributed by atoms with van der Waals surface area (Å²) in [5.74, 6) is 0.518. The van der Waals surface area contributed by atoms with Crippen LogP contribution in [0.4, 0.5) is 5.82 Å². The van der Waals surface area contributed by atoms with Crippen molar-refractivity contribution in [1.29, 1.82) is 0 Å². The summed E-state index contributed by atoms with van der Waals surface area (Å²) in [5.41, 5.74) is 6.57. The molecule has 4 nitrogen and oxygen atoms in total. The average molecular weight is 191 g/mol. The number of nitrogens with zero attached hydrogens (tertiary/aromatic N) is 2. The van der Waals surface area contributed by atoms with E-state index in [9.17, 15) is 4.79 Å². The van der Waals surface area contributed by atoms with Gasteiger partial charge in [-0.1, -0.05) is 6.07 Å². The molecule has 1 aromatic heterocycles. The van der Waals surface area contributed by atoms with Gasteiger partial charge in [-0.25, -0.2) is 4.98 Å². The summed E-state index contributed by atoms with van der Waals surface area (Å²) < 4.78 is 0. The molecule has 1 unspecified atom stereocenters. The fraction of sp³-hybridized carbons (Fsp3) is 0.400. The number of rotatable bonds is 2. The molecule has 1 atom stereocenters. The monoisotopic (exact) mass is 191 g/mol. The summed E-state index contributed by atoms with van der Waals surface area (Å²) in [7, 11) is 0. The lowest BCUT2D eigenvalue weighted by molar-refractivity contribution is -0.118. The van der Waals surface area contributed by atoms with E-state index < -0.39 is 0 Å². The van der Waals surface area contributed by atoms with Crippen LogP contribution in [0.2, 0.25) is 0 Å². The number of amides is 1. The maximum Gasteiger partial charge on any atom is 0.210 e. The van der Waals surface area contributed by atoms with Gasteiger partial charge in [-0.05, 0) is 24.5 Å². The van der Waals surface area contributed by atoms with Gasteiger partial charge in [-0.2, -0.15) is 0 Å². The lowest BCUT2D eigenvalue weighted by atomic mass is 10.1. The van der Waals surface area contributed by atoms with E-state index in [1.807, 2.05) is 11.0 Å². The number of hydrogen-bond acceptors (Lipinski definition) is 3. The van der Waals surface area contributed by atoms with E-state index in [4.69, 9.17) is 5.73 Å². The smallest absolute Gasteiger partial charge is 0.210 e. The highest BCUT2D eigenvalue weighted by Crippen LogP contribution is 2.29. The molecule has 1 saturated heterocycles. The van der Waals surface area contributed by atoms with Gasteiger partial charge in [-0.3, -0.25) is 4.79 Å². The van der Waals surface area contributed by atoms with Crippen LogP contribution < -0.4 is 5.73 Å². The van der Waals surface area contributed by atoms with E-state index in [0.717, 1.165) is 31.4 Å². The standard InChI is InChI=1S/C10H13N3O/c11-10-4-3-8(6-12-10)9-2-1-5-13(9)7-14/h3-4,6-7,9H,1-2,5H2,(H2,11,12). The minimum atomic E-state index is 0.195. The largest absolute Gasteiger partial charge is 0.384 e. The fourth-order valence-corrected chi connectivity index (χ4v) is 1.89. The van der Waals surface area contributed by atoms with Gasteiger partial charge in [0, 0.05) is 12.7 Å². The molecule has 4 heteroatoms. The molecule has 1 aromatic rings. The number of carbonyl (C=O) groups excluding carboxylic acids is 1. The molecule has 0 aliphatic carbocycles. The van der Waals surface area contributed by atoms with Gasteiger partial charge in [0.2, 0.25) is 6.41 Å². The Balaban J connectivity index is 2.21. The van der Waals surface area contributed by atoms with Gasteiger partial charge >= 0.3 is 0 Å². The Bertz CT molecular complexity index is 323. The average Bonchev–Trinajstić information content (AvgIpc) is 2.67. The lowest BCUT2D eigenvalue weighted by Gasteiger charge is -2.19. The van der Waals surface area contributed by atoms with Crippen molar-refractivity contribution in [2.24, 2.45) is 0 Å². The van der Waals surface area contributed by atoms with Crippen LogP contribution in [0.5, 0.6) is 0 Å². The molecule has 2 heterocycles. The van der Waals surface area contributed by atoms with Gasteiger partial charge < -0.3 is 10.6 Å². The molecule has 1 aliphatic heterocycles. The SMILES string of the molecule is Nc1ccc(C2CCCN2C=O)cn1. The van der Waals surface area contributed by atoms with E-state index in [0.29, 0.717) is 5.82 Å². The molecule has 0 saturated carbocycles. The third kappa shape index (κ3) is 1.55. The van der Waals surface area contributed by atoms with E-state index >= 15 is 0 Å². The predicted octanol–water partition coefficient (Wildman–Crippen LogP) is 0.957. The lowest BCUT2D eigenvalue weighted by Crippen LogP contribution is -2.21. The second-order valence-corrected chi connectivity index (χ2v) is 3.52. The minimum absolute atomic E-state index is 0.195. The van der Waals surface area contributed by atoms with E-state index in [-0.39, 0.29) is 6.04 Å². The van der Waals surface area contributed by atoms with Crippen molar-refractivity contribution in [2.75, 3.05) is 12.3 Å². The van der Waals surface area contributed by atoms with E-state index in [2.05, 4.69) is 4.98 Å². The highest BCUT2D eigenvalue weighted by atomic mass is 16.1. The second kappa shape index (κ2) is 3.65. The first kappa shape index (κ1) is 8.99. The molecule has 0 bridgehead atoms. The summed E-state index contributed by atoms with van der Waals surface area (Å²) in [6.07, 6.45) is 4.74. The molecule has 0 radical (unpaired) electrons. The number of anilines is 1. The van der Waals surface area contributed by atoms with Crippen LogP contribution >= 0.6 is 0 Å². The zero-order chi connectivity index (χ0) is 9.97. The van der Waals surface area contributed by atoms with Gasteiger partial charge in [0.15, 0.2) is 0 Å². The number of nitrogens with two attached hydrogens (primary N) is 1. The fourth-order valence-electron chi connectivity index (χ4n) is 1.89. The van der Waals surface area contributed by atoms with Gasteiger partial charge in [0.25, 0.3) is 0 Å². The van der Waals surface area contributed by atoms with Crippen LogP contribution in [0.1, 0.15) is 24.4 Å². The molecule has 2 N–H and O–H groups in total. The van der Waals surface area contributed by atoms with Crippen LogP contribution in [0.3, 0.4) is 0 Å². The molecule has 0 spiro atoms. The van der Waals surface area contributed by atoms with Crippen molar-refractivity contribution >= 4 is 12.2 Å². The highest BCUT2D eigenvalue weighted by Gasteiger charge is 2.24. The van der Waals surface area contributed by atoms with Crippen molar-refractivity contribution in [3.8, 4) is 0 Å². The Morgan fingerprint density at radius 2 is 2.43 bits per heavy atom. The van der Waals surface area contributed by atoms with Gasteiger partial charge in [0.1, 0.15) is 5.82 Å². The van der Waals surface area contributed by atoms with E-state index in [1.165, 1.54) is 0 Å². The first-order chi connectivity index (χ1) is 6.81. The van der Waals surface area contributed by atoms with Crippen molar-refractivity contribution in [1.82, 2.24) is 9.88 Å². The number of carbonyl (C=O) groups is 1. The second-order valence-electron chi connectivity index (χ2n) is 3.52. The van der Waals surface area contributed by atoms with Crippen LogP contribution in [0.25, 0.3) is 0 Å². The summed E-state index contributed by atoms with van der Waals surface area (Å²) >= 11 is 0. The van der Waals surface area contributed by atoms with Crippen LogP contribution in [-0.4, -0.2) is 22.8 Å². The highest BCUT2D eigenvalue weighted by molar-refractivity contribution is 5.49. The molecular formula is C10H13N3O. The van der Waals surface area contributed by atoms with E-state index in [1.54, 1.807) is 12.3 Å². The number of likely N-dealkylation sites (tertiary alicyclic amines) is 1. The number of aromatic nitrogens is 1. The predicted molar refractivity (Wildman–Crippen MR) is 53.4 cm³/mol. The quantitative estimate of drug-likeness (QED) is 0.708. The number of hydrogen-bond donors (Lipinski definition) is 1. The van der Waals surface area contributed by atoms with Crippen molar-refractivity contribution in [3.05, 3.63) is 23.9 Å². The van der Waals surface area contributed by atoms with Gasteiger partial charge in [-0.15, -0.1) is 0 Å². The van der Waals surface area contributed by atoms with Crippen molar-refractivity contribution < 1.29 is 4.79 Å².